The molecular weight excluding hydrogens is 398 g/mol. The van der Waals surface area contributed by atoms with Crippen molar-refractivity contribution in [1.82, 2.24) is 4.98 Å². The van der Waals surface area contributed by atoms with E-state index >= 15 is 0 Å². The molecule has 0 radical (unpaired) electrons. The lowest BCUT2D eigenvalue weighted by Crippen LogP contribution is -2.15. The molecule has 3 rings (SSSR count). The molecule has 0 spiro atoms. The van der Waals surface area contributed by atoms with Gasteiger partial charge in [0, 0.05) is 17.6 Å². The van der Waals surface area contributed by atoms with Gasteiger partial charge in [0.05, 0.1) is 4.90 Å². The smallest absolute Gasteiger partial charge is 0.274 e. The Kier molecular flexibility index (Phi) is 7.19. The van der Waals surface area contributed by atoms with Crippen LogP contribution in [-0.2, 0) is 16.4 Å². The summed E-state index contributed by atoms with van der Waals surface area (Å²) < 4.78 is 27.5. The molecule has 2 N–H and O–H groups in total. The normalized spacial score (nSPS) is 11.1. The summed E-state index contributed by atoms with van der Waals surface area (Å²) in [7, 11) is -3.70. The predicted octanol–water partition coefficient (Wildman–Crippen LogP) is 4.87. The monoisotopic (exact) mass is 423 g/mol. The first-order valence-corrected chi connectivity index (χ1v) is 11.4. The van der Waals surface area contributed by atoms with Crippen molar-refractivity contribution in [2.24, 2.45) is 0 Å². The van der Waals surface area contributed by atoms with Crippen molar-refractivity contribution in [2.75, 3.05) is 10.0 Å². The van der Waals surface area contributed by atoms with Gasteiger partial charge in [-0.05, 0) is 60.9 Å². The van der Waals surface area contributed by atoms with Crippen molar-refractivity contribution < 1.29 is 13.2 Å². The third-order valence-electron chi connectivity index (χ3n) is 4.57. The molecule has 1 aromatic heterocycles. The zero-order chi connectivity index (χ0) is 21.4. The van der Waals surface area contributed by atoms with Crippen LogP contribution < -0.4 is 10.0 Å². The Morgan fingerprint density at radius 1 is 0.900 bits per heavy atom. The largest absolute Gasteiger partial charge is 0.321 e. The maximum atomic E-state index is 12.5. The number of aryl methyl sites for hydroxylation is 1. The number of unbranched alkanes of at least 4 members (excludes halogenated alkanes) is 2. The lowest BCUT2D eigenvalue weighted by molar-refractivity contribution is 0.102. The Hall–Kier alpha value is -3.19. The van der Waals surface area contributed by atoms with Crippen LogP contribution in [0.1, 0.15) is 42.2 Å². The molecule has 0 atom stereocenters. The summed E-state index contributed by atoms with van der Waals surface area (Å²) in [5.41, 5.74) is 2.41. The Morgan fingerprint density at radius 3 is 2.27 bits per heavy atom. The predicted molar refractivity (Wildman–Crippen MR) is 119 cm³/mol. The fourth-order valence-electron chi connectivity index (χ4n) is 2.92. The maximum absolute atomic E-state index is 12.5. The number of para-hydroxylation sites is 1. The highest BCUT2D eigenvalue weighted by atomic mass is 32.2. The fraction of sp³-hybridized carbons (Fsp3) is 0.217. The van der Waals surface area contributed by atoms with E-state index in [9.17, 15) is 13.2 Å². The van der Waals surface area contributed by atoms with Gasteiger partial charge in [0.1, 0.15) is 5.69 Å². The SMILES string of the molecule is CCCCCc1ccc(C(=O)Nc2ccc(S(=O)(=O)Nc3ccccc3)cc2)nc1. The van der Waals surface area contributed by atoms with Crippen LogP contribution in [0.15, 0.2) is 77.8 Å². The molecule has 0 aliphatic rings. The van der Waals surface area contributed by atoms with Crippen LogP contribution in [0.25, 0.3) is 0 Å². The second-order valence-corrected chi connectivity index (χ2v) is 8.64. The molecule has 0 saturated carbocycles. The molecule has 0 aliphatic heterocycles. The maximum Gasteiger partial charge on any atom is 0.274 e. The molecule has 1 heterocycles. The molecule has 7 heteroatoms. The van der Waals surface area contributed by atoms with Crippen molar-refractivity contribution >= 4 is 27.3 Å². The average Bonchev–Trinajstić information content (AvgIpc) is 2.75. The number of hydrogen-bond donors (Lipinski definition) is 2. The highest BCUT2D eigenvalue weighted by Crippen LogP contribution is 2.18. The molecule has 2 aromatic carbocycles. The second-order valence-electron chi connectivity index (χ2n) is 6.96. The average molecular weight is 424 g/mol. The Labute approximate surface area is 177 Å². The van der Waals surface area contributed by atoms with E-state index in [2.05, 4.69) is 21.9 Å². The van der Waals surface area contributed by atoms with Crippen LogP contribution in [0.2, 0.25) is 0 Å². The molecule has 0 fully saturated rings. The summed E-state index contributed by atoms with van der Waals surface area (Å²) in [6, 6.07) is 18.3. The molecule has 156 valence electrons. The van der Waals surface area contributed by atoms with Gasteiger partial charge in [-0.15, -0.1) is 0 Å². The van der Waals surface area contributed by atoms with Crippen molar-refractivity contribution in [3.8, 4) is 0 Å². The van der Waals surface area contributed by atoms with Gasteiger partial charge < -0.3 is 5.32 Å². The zero-order valence-corrected chi connectivity index (χ0v) is 17.7. The number of benzene rings is 2. The van der Waals surface area contributed by atoms with Crippen LogP contribution >= 0.6 is 0 Å². The number of amides is 1. The first-order chi connectivity index (χ1) is 14.5. The van der Waals surface area contributed by atoms with E-state index in [-0.39, 0.29) is 10.8 Å². The summed E-state index contributed by atoms with van der Waals surface area (Å²) in [5.74, 6) is -0.340. The first-order valence-electron chi connectivity index (χ1n) is 9.92. The standard InChI is InChI=1S/C23H25N3O3S/c1-2-3-5-8-18-11-16-22(24-17-18)23(27)25-19-12-14-21(15-13-19)30(28,29)26-20-9-6-4-7-10-20/h4,6-7,9-17,26H,2-3,5,8H2,1H3,(H,25,27). The minimum absolute atomic E-state index is 0.110. The number of carbonyl (C=O) groups is 1. The van der Waals surface area contributed by atoms with Gasteiger partial charge in [-0.1, -0.05) is 44.0 Å². The summed E-state index contributed by atoms with van der Waals surface area (Å²) in [5, 5.41) is 2.74. The topological polar surface area (TPSA) is 88.2 Å². The highest BCUT2D eigenvalue weighted by Gasteiger charge is 2.14. The third kappa shape index (κ3) is 5.90. The van der Waals surface area contributed by atoms with Gasteiger partial charge >= 0.3 is 0 Å². The number of nitrogens with zero attached hydrogens (tertiary/aromatic N) is 1. The second kappa shape index (κ2) is 10.0. The van der Waals surface area contributed by atoms with Gasteiger partial charge in [0.25, 0.3) is 15.9 Å². The van der Waals surface area contributed by atoms with Gasteiger partial charge in [0.2, 0.25) is 0 Å². The minimum atomic E-state index is -3.70. The molecule has 0 aliphatic carbocycles. The first kappa shape index (κ1) is 21.5. The number of nitrogens with one attached hydrogen (secondary N) is 2. The molecule has 0 unspecified atom stereocenters. The summed E-state index contributed by atoms with van der Waals surface area (Å²) in [6.45, 7) is 2.16. The Morgan fingerprint density at radius 2 is 1.63 bits per heavy atom. The minimum Gasteiger partial charge on any atom is -0.321 e. The van der Waals surface area contributed by atoms with Crippen LogP contribution in [0.5, 0.6) is 0 Å². The van der Waals surface area contributed by atoms with Gasteiger partial charge in [-0.25, -0.2) is 8.42 Å². The van der Waals surface area contributed by atoms with E-state index in [0.29, 0.717) is 17.1 Å². The summed E-state index contributed by atoms with van der Waals surface area (Å²) in [6.07, 6.45) is 6.13. The molecule has 1 amide bonds. The summed E-state index contributed by atoms with van der Waals surface area (Å²) >= 11 is 0. The van der Waals surface area contributed by atoms with E-state index < -0.39 is 10.0 Å². The van der Waals surface area contributed by atoms with Crippen LogP contribution in [0.3, 0.4) is 0 Å². The van der Waals surface area contributed by atoms with E-state index in [4.69, 9.17) is 0 Å². The number of pyridine rings is 1. The molecule has 0 saturated heterocycles. The molecule has 0 bridgehead atoms. The van der Waals surface area contributed by atoms with Gasteiger partial charge in [0.15, 0.2) is 0 Å². The Balaban J connectivity index is 1.61. The number of aromatic nitrogens is 1. The lowest BCUT2D eigenvalue weighted by Gasteiger charge is -2.09. The van der Waals surface area contributed by atoms with Crippen molar-refractivity contribution in [3.05, 3.63) is 84.2 Å². The summed E-state index contributed by atoms with van der Waals surface area (Å²) in [4.78, 5) is 16.8. The Bertz CT molecular complexity index is 1060. The van der Waals surface area contributed by atoms with Crippen LogP contribution in [-0.4, -0.2) is 19.3 Å². The van der Waals surface area contributed by atoms with Gasteiger partial charge in [-0.3, -0.25) is 14.5 Å². The number of anilines is 2. The van der Waals surface area contributed by atoms with Crippen molar-refractivity contribution in [1.29, 1.82) is 0 Å². The lowest BCUT2D eigenvalue weighted by atomic mass is 10.1. The number of rotatable bonds is 9. The number of hydrogen-bond acceptors (Lipinski definition) is 4. The molecule has 30 heavy (non-hydrogen) atoms. The third-order valence-corrected chi connectivity index (χ3v) is 5.97. The highest BCUT2D eigenvalue weighted by molar-refractivity contribution is 7.92. The van der Waals surface area contributed by atoms with Crippen molar-refractivity contribution in [2.45, 2.75) is 37.5 Å². The van der Waals surface area contributed by atoms with E-state index in [0.717, 1.165) is 24.8 Å². The van der Waals surface area contributed by atoms with E-state index in [1.807, 2.05) is 12.1 Å². The number of carbonyl (C=O) groups excluding carboxylic acids is 1. The zero-order valence-electron chi connectivity index (χ0n) is 16.8. The fourth-order valence-corrected chi connectivity index (χ4v) is 3.98. The van der Waals surface area contributed by atoms with Crippen molar-refractivity contribution in [3.63, 3.8) is 0 Å². The van der Waals surface area contributed by atoms with E-state index in [1.165, 1.54) is 18.6 Å². The van der Waals surface area contributed by atoms with Gasteiger partial charge in [-0.2, -0.15) is 0 Å². The van der Waals surface area contributed by atoms with E-state index in [1.54, 1.807) is 48.7 Å². The van der Waals surface area contributed by atoms with Crippen LogP contribution in [0.4, 0.5) is 11.4 Å². The number of sulfonamides is 1. The van der Waals surface area contributed by atoms with Crippen LogP contribution in [0, 0.1) is 0 Å². The molecule has 6 nitrogen and oxygen atoms in total. The molecule has 3 aromatic rings. The quantitative estimate of drug-likeness (QED) is 0.481. The molecular formula is C23H25N3O3S.